The lowest BCUT2D eigenvalue weighted by atomic mass is 10.1. The molecule has 5 nitrogen and oxygen atoms in total. The van der Waals surface area contributed by atoms with Crippen LogP contribution in [0.1, 0.15) is 20.7 Å². The zero-order valence-electron chi connectivity index (χ0n) is 10.7. The zero-order chi connectivity index (χ0) is 15.4. The van der Waals surface area contributed by atoms with Crippen molar-refractivity contribution in [1.82, 2.24) is 5.43 Å². The van der Waals surface area contributed by atoms with Gasteiger partial charge in [-0.15, -0.1) is 0 Å². The van der Waals surface area contributed by atoms with Crippen molar-refractivity contribution in [1.29, 1.82) is 0 Å². The summed E-state index contributed by atoms with van der Waals surface area (Å²) < 4.78 is 13.5. The molecular formula is C14H11ClFN3O2. The Hall–Kier alpha value is -2.44. The third-order valence-electron chi connectivity index (χ3n) is 2.72. The highest BCUT2D eigenvalue weighted by molar-refractivity contribution is 6.34. The molecule has 0 radical (unpaired) electrons. The van der Waals surface area contributed by atoms with Crippen molar-refractivity contribution < 1.29 is 14.0 Å². The molecule has 0 aliphatic rings. The van der Waals surface area contributed by atoms with Crippen molar-refractivity contribution in [3.8, 4) is 0 Å². The molecule has 2 amide bonds. The van der Waals surface area contributed by atoms with Crippen LogP contribution in [-0.4, -0.2) is 11.8 Å². The van der Waals surface area contributed by atoms with Gasteiger partial charge in [-0.2, -0.15) is 0 Å². The molecule has 4 N–H and O–H groups in total. The third-order valence-corrected chi connectivity index (χ3v) is 3.03. The SMILES string of the molecule is NNC(=O)c1ccc(NC(=O)c2ccccc2F)cc1Cl. The summed E-state index contributed by atoms with van der Waals surface area (Å²) in [4.78, 5) is 23.3. The van der Waals surface area contributed by atoms with Crippen molar-refractivity contribution in [2.24, 2.45) is 5.84 Å². The predicted molar refractivity (Wildman–Crippen MR) is 77.5 cm³/mol. The van der Waals surface area contributed by atoms with E-state index < -0.39 is 17.6 Å². The normalized spacial score (nSPS) is 10.0. The predicted octanol–water partition coefficient (Wildman–Crippen LogP) is 2.33. The number of carbonyl (C=O) groups is 2. The van der Waals surface area contributed by atoms with E-state index >= 15 is 0 Å². The van der Waals surface area contributed by atoms with Gasteiger partial charge in [0.2, 0.25) is 0 Å². The minimum Gasteiger partial charge on any atom is -0.322 e. The number of benzene rings is 2. The maximum Gasteiger partial charge on any atom is 0.266 e. The van der Waals surface area contributed by atoms with Gasteiger partial charge in [-0.1, -0.05) is 23.7 Å². The number of nitrogen functional groups attached to an aromatic ring is 1. The molecule has 108 valence electrons. The fraction of sp³-hybridized carbons (Fsp3) is 0. The molecule has 2 aromatic rings. The topological polar surface area (TPSA) is 84.2 Å². The number of hydrazine groups is 1. The first kappa shape index (κ1) is 15.0. The van der Waals surface area contributed by atoms with Crippen LogP contribution in [-0.2, 0) is 0 Å². The monoisotopic (exact) mass is 307 g/mol. The second-order valence-electron chi connectivity index (χ2n) is 4.10. The fourth-order valence-corrected chi connectivity index (χ4v) is 1.96. The van der Waals surface area contributed by atoms with E-state index in [0.29, 0.717) is 5.69 Å². The molecule has 0 fully saturated rings. The van der Waals surface area contributed by atoms with Crippen LogP contribution in [0, 0.1) is 5.82 Å². The number of anilines is 1. The van der Waals surface area contributed by atoms with E-state index in [1.807, 2.05) is 5.43 Å². The Balaban J connectivity index is 2.21. The Morgan fingerprint density at radius 2 is 1.76 bits per heavy atom. The zero-order valence-corrected chi connectivity index (χ0v) is 11.4. The second-order valence-corrected chi connectivity index (χ2v) is 4.51. The molecule has 0 aromatic heterocycles. The smallest absolute Gasteiger partial charge is 0.266 e. The number of amides is 2. The standard InChI is InChI=1S/C14H11ClFN3O2/c15-11-7-8(5-6-9(11)14(21)19-17)18-13(20)10-3-1-2-4-12(10)16/h1-7H,17H2,(H,18,20)(H,19,21). The van der Waals surface area contributed by atoms with E-state index in [1.165, 1.54) is 36.4 Å². The highest BCUT2D eigenvalue weighted by Gasteiger charge is 2.13. The fourth-order valence-electron chi connectivity index (χ4n) is 1.70. The summed E-state index contributed by atoms with van der Waals surface area (Å²) in [5.41, 5.74) is 2.37. The molecule has 0 spiro atoms. The summed E-state index contributed by atoms with van der Waals surface area (Å²) in [5.74, 6) is 3.23. The minimum atomic E-state index is -0.625. The van der Waals surface area contributed by atoms with Crippen LogP contribution in [0.4, 0.5) is 10.1 Å². The van der Waals surface area contributed by atoms with E-state index in [9.17, 15) is 14.0 Å². The molecule has 0 aliphatic heterocycles. The quantitative estimate of drug-likeness (QED) is 0.462. The average molecular weight is 308 g/mol. The molecule has 21 heavy (non-hydrogen) atoms. The molecule has 0 heterocycles. The number of nitrogens with one attached hydrogen (secondary N) is 2. The Morgan fingerprint density at radius 3 is 2.38 bits per heavy atom. The molecule has 2 rings (SSSR count). The first-order valence-corrected chi connectivity index (χ1v) is 6.27. The van der Waals surface area contributed by atoms with Crippen molar-refractivity contribution in [2.45, 2.75) is 0 Å². The van der Waals surface area contributed by atoms with Crippen molar-refractivity contribution in [2.75, 3.05) is 5.32 Å². The highest BCUT2D eigenvalue weighted by Crippen LogP contribution is 2.21. The van der Waals surface area contributed by atoms with Crippen LogP contribution in [0.5, 0.6) is 0 Å². The van der Waals surface area contributed by atoms with Gasteiger partial charge < -0.3 is 5.32 Å². The lowest BCUT2D eigenvalue weighted by Crippen LogP contribution is -2.30. The van der Waals surface area contributed by atoms with Gasteiger partial charge in [0.05, 0.1) is 16.1 Å². The Kier molecular flexibility index (Phi) is 4.52. The summed E-state index contributed by atoms with van der Waals surface area (Å²) in [7, 11) is 0. The maximum atomic E-state index is 13.5. The highest BCUT2D eigenvalue weighted by atomic mass is 35.5. The summed E-state index contributed by atoms with van der Waals surface area (Å²) in [6.07, 6.45) is 0. The van der Waals surface area contributed by atoms with Crippen LogP contribution in [0.2, 0.25) is 5.02 Å². The summed E-state index contributed by atoms with van der Waals surface area (Å²) in [6.45, 7) is 0. The van der Waals surface area contributed by atoms with Gasteiger partial charge in [0.15, 0.2) is 0 Å². The molecule has 0 atom stereocenters. The molecule has 0 saturated heterocycles. The summed E-state index contributed by atoms with van der Waals surface area (Å²) >= 11 is 5.92. The summed E-state index contributed by atoms with van der Waals surface area (Å²) in [5, 5.41) is 2.61. The van der Waals surface area contributed by atoms with E-state index in [1.54, 1.807) is 6.07 Å². The van der Waals surface area contributed by atoms with Gasteiger partial charge in [0, 0.05) is 5.69 Å². The first-order valence-electron chi connectivity index (χ1n) is 5.89. The lowest BCUT2D eigenvalue weighted by molar-refractivity contribution is 0.0953. The molecule has 2 aromatic carbocycles. The summed E-state index contributed by atoms with van der Waals surface area (Å²) in [6, 6.07) is 9.85. The molecule has 0 unspecified atom stereocenters. The molecule has 0 aliphatic carbocycles. The Bertz CT molecular complexity index is 706. The van der Waals surface area contributed by atoms with Gasteiger partial charge in [-0.25, -0.2) is 10.2 Å². The lowest BCUT2D eigenvalue weighted by Gasteiger charge is -2.08. The number of rotatable bonds is 3. The molecule has 0 bridgehead atoms. The minimum absolute atomic E-state index is 0.0857. The van der Waals surface area contributed by atoms with Crippen LogP contribution < -0.4 is 16.6 Å². The van der Waals surface area contributed by atoms with Gasteiger partial charge in [-0.05, 0) is 30.3 Å². The van der Waals surface area contributed by atoms with Crippen LogP contribution >= 0.6 is 11.6 Å². The Labute approximate surface area is 124 Å². The van der Waals surface area contributed by atoms with E-state index in [4.69, 9.17) is 17.4 Å². The number of hydrogen-bond acceptors (Lipinski definition) is 3. The van der Waals surface area contributed by atoms with Gasteiger partial charge in [-0.3, -0.25) is 15.0 Å². The van der Waals surface area contributed by atoms with Crippen LogP contribution in [0.3, 0.4) is 0 Å². The molecule has 7 heteroatoms. The van der Waals surface area contributed by atoms with Gasteiger partial charge >= 0.3 is 0 Å². The van der Waals surface area contributed by atoms with E-state index in [0.717, 1.165) is 0 Å². The van der Waals surface area contributed by atoms with E-state index in [-0.39, 0.29) is 16.1 Å². The van der Waals surface area contributed by atoms with E-state index in [2.05, 4.69) is 5.32 Å². The number of nitrogens with two attached hydrogens (primary N) is 1. The van der Waals surface area contributed by atoms with Crippen LogP contribution in [0.15, 0.2) is 42.5 Å². The van der Waals surface area contributed by atoms with Gasteiger partial charge in [0.25, 0.3) is 11.8 Å². The average Bonchev–Trinajstić information content (AvgIpc) is 2.47. The maximum absolute atomic E-state index is 13.5. The number of carbonyl (C=O) groups excluding carboxylic acids is 2. The molecular weight excluding hydrogens is 297 g/mol. The van der Waals surface area contributed by atoms with Crippen molar-refractivity contribution in [3.63, 3.8) is 0 Å². The van der Waals surface area contributed by atoms with Crippen molar-refractivity contribution >= 4 is 29.1 Å². The number of halogens is 2. The third kappa shape index (κ3) is 3.36. The largest absolute Gasteiger partial charge is 0.322 e. The van der Waals surface area contributed by atoms with Gasteiger partial charge in [0.1, 0.15) is 5.82 Å². The number of hydrogen-bond donors (Lipinski definition) is 3. The second kappa shape index (κ2) is 6.34. The first-order chi connectivity index (χ1) is 10.0. The Morgan fingerprint density at radius 1 is 1.05 bits per heavy atom. The van der Waals surface area contributed by atoms with Crippen LogP contribution in [0.25, 0.3) is 0 Å². The molecule has 0 saturated carbocycles. The van der Waals surface area contributed by atoms with Crippen molar-refractivity contribution in [3.05, 3.63) is 64.4 Å².